The van der Waals surface area contributed by atoms with Crippen molar-refractivity contribution < 1.29 is 35.9 Å². The van der Waals surface area contributed by atoms with E-state index < -0.39 is 46.4 Å². The number of amides is 2. The van der Waals surface area contributed by atoms with Crippen LogP contribution in [-0.4, -0.2) is 32.6 Å². The summed E-state index contributed by atoms with van der Waals surface area (Å²) in [6.07, 6.45) is -5.41. The standard InChI is InChI=1S/C26H24F3N3O5S/c1-15-12-16(2)24(17(3)13-15)38(35,36)32-21-7-5-4-6-20(21)31-25(34)22(32)14-23(33)30-18-8-10-19(11-9-18)37-26(27,28)29/h4-13,22H,14H2,1-3H3,(H,30,33)(H,31,34). The smallest absolute Gasteiger partial charge is 0.406 e. The molecule has 0 fully saturated rings. The predicted molar refractivity (Wildman–Crippen MR) is 136 cm³/mol. The molecule has 0 saturated heterocycles. The van der Waals surface area contributed by atoms with Crippen LogP contribution in [0.5, 0.6) is 5.75 Å². The molecule has 3 aromatic rings. The van der Waals surface area contributed by atoms with Crippen LogP contribution in [0.2, 0.25) is 0 Å². The maximum atomic E-state index is 14.1. The van der Waals surface area contributed by atoms with Crippen LogP contribution in [0, 0.1) is 20.8 Å². The first kappa shape index (κ1) is 27.0. The van der Waals surface area contributed by atoms with Gasteiger partial charge in [-0.1, -0.05) is 29.8 Å². The van der Waals surface area contributed by atoms with Crippen LogP contribution in [0.3, 0.4) is 0 Å². The Balaban J connectivity index is 1.67. The van der Waals surface area contributed by atoms with E-state index in [1.807, 2.05) is 6.92 Å². The number of nitrogens with zero attached hydrogens (tertiary/aromatic N) is 1. The lowest BCUT2D eigenvalue weighted by atomic mass is 10.1. The Morgan fingerprint density at radius 2 is 1.63 bits per heavy atom. The number of hydrogen-bond acceptors (Lipinski definition) is 5. The molecular weight excluding hydrogens is 523 g/mol. The lowest BCUT2D eigenvalue weighted by Gasteiger charge is -2.37. The molecule has 1 atom stereocenters. The SMILES string of the molecule is Cc1cc(C)c(S(=O)(=O)N2c3ccccc3NC(=O)C2CC(=O)Nc2ccc(OC(F)(F)F)cc2)c(C)c1. The van der Waals surface area contributed by atoms with Gasteiger partial charge in [-0.3, -0.25) is 13.9 Å². The topological polar surface area (TPSA) is 105 Å². The van der Waals surface area contributed by atoms with Gasteiger partial charge in [0.2, 0.25) is 11.8 Å². The minimum atomic E-state index is -4.86. The van der Waals surface area contributed by atoms with Crippen molar-refractivity contribution in [3.05, 3.63) is 77.4 Å². The number of para-hydroxylation sites is 2. The first-order valence-corrected chi connectivity index (χ1v) is 12.9. The van der Waals surface area contributed by atoms with E-state index in [0.29, 0.717) is 11.1 Å². The Labute approximate surface area is 217 Å². The summed E-state index contributed by atoms with van der Waals surface area (Å²) >= 11 is 0. The van der Waals surface area contributed by atoms with Gasteiger partial charge in [0.15, 0.2) is 0 Å². The quantitative estimate of drug-likeness (QED) is 0.449. The zero-order valence-electron chi connectivity index (χ0n) is 20.6. The van der Waals surface area contributed by atoms with Gasteiger partial charge in [0.1, 0.15) is 11.8 Å². The van der Waals surface area contributed by atoms with Gasteiger partial charge in [0.05, 0.1) is 22.7 Å². The molecule has 38 heavy (non-hydrogen) atoms. The maximum absolute atomic E-state index is 14.1. The molecule has 1 heterocycles. The van der Waals surface area contributed by atoms with E-state index in [-0.39, 0.29) is 22.0 Å². The Kier molecular flexibility index (Phi) is 7.11. The number of aryl methyl sites for hydroxylation is 3. The highest BCUT2D eigenvalue weighted by atomic mass is 32.2. The number of alkyl halides is 3. The summed E-state index contributed by atoms with van der Waals surface area (Å²) in [4.78, 5) is 26.1. The number of halogens is 3. The first-order valence-electron chi connectivity index (χ1n) is 11.4. The van der Waals surface area contributed by atoms with Gasteiger partial charge in [-0.25, -0.2) is 8.42 Å². The molecular formula is C26H24F3N3O5S. The number of anilines is 3. The molecule has 4 rings (SSSR count). The van der Waals surface area contributed by atoms with Crippen molar-refractivity contribution in [2.75, 3.05) is 14.9 Å². The van der Waals surface area contributed by atoms with Crippen molar-refractivity contribution in [1.29, 1.82) is 0 Å². The van der Waals surface area contributed by atoms with E-state index in [2.05, 4.69) is 15.4 Å². The second-order valence-corrected chi connectivity index (χ2v) is 10.6. The third kappa shape index (κ3) is 5.59. The van der Waals surface area contributed by atoms with Crippen LogP contribution in [0.25, 0.3) is 0 Å². The van der Waals surface area contributed by atoms with Crippen molar-refractivity contribution in [2.24, 2.45) is 0 Å². The summed E-state index contributed by atoms with van der Waals surface area (Å²) in [5.41, 5.74) is 2.49. The monoisotopic (exact) mass is 547 g/mol. The number of rotatable bonds is 6. The highest BCUT2D eigenvalue weighted by Gasteiger charge is 2.43. The first-order chi connectivity index (χ1) is 17.8. The van der Waals surface area contributed by atoms with E-state index in [4.69, 9.17) is 0 Å². The molecule has 0 spiro atoms. The molecule has 8 nitrogen and oxygen atoms in total. The molecule has 200 valence electrons. The maximum Gasteiger partial charge on any atom is 0.573 e. The summed E-state index contributed by atoms with van der Waals surface area (Å²) in [5, 5.41) is 5.14. The van der Waals surface area contributed by atoms with Crippen LogP contribution in [0.4, 0.5) is 30.2 Å². The number of carbonyl (C=O) groups excluding carboxylic acids is 2. The Morgan fingerprint density at radius 1 is 1.03 bits per heavy atom. The van der Waals surface area contributed by atoms with E-state index in [1.54, 1.807) is 44.2 Å². The summed E-state index contributed by atoms with van der Waals surface area (Å²) in [6, 6.07) is 12.8. The van der Waals surface area contributed by atoms with Crippen LogP contribution in [-0.2, 0) is 19.6 Å². The van der Waals surface area contributed by atoms with Gasteiger partial charge in [-0.15, -0.1) is 13.2 Å². The lowest BCUT2D eigenvalue weighted by Crippen LogP contribution is -2.52. The third-order valence-corrected chi connectivity index (χ3v) is 7.99. The highest BCUT2D eigenvalue weighted by Crippen LogP contribution is 2.39. The number of hydrogen-bond donors (Lipinski definition) is 2. The third-order valence-electron chi connectivity index (χ3n) is 5.86. The van der Waals surface area contributed by atoms with Crippen LogP contribution >= 0.6 is 0 Å². The number of fused-ring (bicyclic) bond motifs is 1. The average molecular weight is 548 g/mol. The van der Waals surface area contributed by atoms with Crippen molar-refractivity contribution >= 4 is 38.9 Å². The molecule has 0 bridgehead atoms. The summed E-state index contributed by atoms with van der Waals surface area (Å²) in [7, 11) is -4.31. The van der Waals surface area contributed by atoms with Crippen molar-refractivity contribution in [1.82, 2.24) is 0 Å². The van der Waals surface area contributed by atoms with Crippen LogP contribution in [0.1, 0.15) is 23.1 Å². The number of benzene rings is 3. The molecule has 2 amide bonds. The minimum Gasteiger partial charge on any atom is -0.406 e. The minimum absolute atomic E-state index is 0.0401. The largest absolute Gasteiger partial charge is 0.573 e. The molecule has 0 radical (unpaired) electrons. The number of sulfonamides is 1. The predicted octanol–water partition coefficient (Wildman–Crippen LogP) is 5.06. The molecule has 2 N–H and O–H groups in total. The fraction of sp³-hybridized carbons (Fsp3) is 0.231. The summed E-state index contributed by atoms with van der Waals surface area (Å²) < 4.78 is 70.1. The fourth-order valence-electron chi connectivity index (χ4n) is 4.53. The van der Waals surface area contributed by atoms with E-state index in [1.165, 1.54) is 18.2 Å². The van der Waals surface area contributed by atoms with Gasteiger partial charge in [0, 0.05) is 5.69 Å². The number of nitrogens with one attached hydrogen (secondary N) is 2. The van der Waals surface area contributed by atoms with Crippen LogP contribution in [0.15, 0.2) is 65.6 Å². The lowest BCUT2D eigenvalue weighted by molar-refractivity contribution is -0.274. The van der Waals surface area contributed by atoms with E-state index in [0.717, 1.165) is 22.0 Å². The number of carbonyl (C=O) groups is 2. The average Bonchev–Trinajstić information content (AvgIpc) is 2.78. The second-order valence-electron chi connectivity index (χ2n) is 8.88. The summed E-state index contributed by atoms with van der Waals surface area (Å²) in [5.74, 6) is -1.88. The van der Waals surface area contributed by atoms with Crippen LogP contribution < -0.4 is 19.7 Å². The van der Waals surface area contributed by atoms with Gasteiger partial charge in [0.25, 0.3) is 10.0 Å². The Hall–Kier alpha value is -4.06. The summed E-state index contributed by atoms with van der Waals surface area (Å²) in [6.45, 7) is 5.17. The zero-order valence-corrected chi connectivity index (χ0v) is 21.4. The number of ether oxygens (including phenoxy) is 1. The molecule has 0 aromatic heterocycles. The van der Waals surface area contributed by atoms with Gasteiger partial charge < -0.3 is 15.4 Å². The van der Waals surface area contributed by atoms with Crippen molar-refractivity contribution in [3.63, 3.8) is 0 Å². The van der Waals surface area contributed by atoms with Crippen molar-refractivity contribution in [3.8, 4) is 5.75 Å². The van der Waals surface area contributed by atoms with Gasteiger partial charge >= 0.3 is 6.36 Å². The molecule has 0 aliphatic carbocycles. The van der Waals surface area contributed by atoms with E-state index in [9.17, 15) is 31.2 Å². The second kappa shape index (κ2) is 10.0. The molecule has 0 saturated carbocycles. The molecule has 1 unspecified atom stereocenters. The highest BCUT2D eigenvalue weighted by molar-refractivity contribution is 7.93. The zero-order chi connectivity index (χ0) is 27.8. The molecule has 3 aromatic carbocycles. The fourth-order valence-corrected chi connectivity index (χ4v) is 6.59. The normalized spacial score (nSPS) is 15.5. The van der Waals surface area contributed by atoms with Gasteiger partial charge in [-0.05, 0) is 68.3 Å². The van der Waals surface area contributed by atoms with Crippen molar-refractivity contribution in [2.45, 2.75) is 44.5 Å². The Bertz CT molecular complexity index is 1480. The molecule has 1 aliphatic heterocycles. The van der Waals surface area contributed by atoms with Gasteiger partial charge in [-0.2, -0.15) is 0 Å². The molecule has 1 aliphatic rings. The van der Waals surface area contributed by atoms with E-state index >= 15 is 0 Å². The Morgan fingerprint density at radius 3 is 2.24 bits per heavy atom. The molecule has 12 heteroatoms.